The lowest BCUT2D eigenvalue weighted by molar-refractivity contribution is -0.384. The summed E-state index contributed by atoms with van der Waals surface area (Å²) in [6, 6.07) is 7.36. The molecule has 0 radical (unpaired) electrons. The zero-order valence-corrected chi connectivity index (χ0v) is 10.8. The van der Waals surface area contributed by atoms with Crippen LogP contribution in [0.5, 0.6) is 0 Å². The molecule has 0 saturated heterocycles. The number of aromatic nitrogens is 2. The average molecular weight is 287 g/mol. The molecule has 2 rings (SSSR count). The topological polar surface area (TPSA) is 137 Å². The summed E-state index contributed by atoms with van der Waals surface area (Å²) in [6.07, 6.45) is 0. The van der Waals surface area contributed by atoms with Crippen LogP contribution in [0.2, 0.25) is 0 Å². The summed E-state index contributed by atoms with van der Waals surface area (Å²) in [6.45, 7) is 0. The van der Waals surface area contributed by atoms with E-state index < -0.39 is 10.9 Å². The number of para-hydroxylation sites is 2. The zero-order chi connectivity index (χ0) is 15.6. The predicted octanol–water partition coefficient (Wildman–Crippen LogP) is 1.02. The van der Waals surface area contributed by atoms with E-state index in [1.54, 1.807) is 6.07 Å². The third-order valence-corrected chi connectivity index (χ3v) is 2.71. The van der Waals surface area contributed by atoms with E-state index in [9.17, 15) is 14.9 Å². The lowest BCUT2D eigenvalue weighted by Gasteiger charge is -2.06. The van der Waals surface area contributed by atoms with Crippen LogP contribution in [-0.4, -0.2) is 27.8 Å². The van der Waals surface area contributed by atoms with Crippen molar-refractivity contribution in [1.29, 1.82) is 5.26 Å². The van der Waals surface area contributed by atoms with Crippen LogP contribution in [0, 0.1) is 21.4 Å². The van der Waals surface area contributed by atoms with Crippen molar-refractivity contribution >= 4 is 17.3 Å². The number of esters is 1. The number of hydrogen-bond acceptors (Lipinski definition) is 7. The van der Waals surface area contributed by atoms with Gasteiger partial charge >= 0.3 is 5.97 Å². The minimum absolute atomic E-state index is 0.0103. The van der Waals surface area contributed by atoms with E-state index in [1.165, 1.54) is 24.3 Å². The molecule has 0 atom stereocenters. The quantitative estimate of drug-likeness (QED) is 0.505. The molecule has 1 aromatic heterocycles. The van der Waals surface area contributed by atoms with E-state index >= 15 is 0 Å². The fourth-order valence-corrected chi connectivity index (χ4v) is 1.78. The molecule has 1 aromatic carbocycles. The monoisotopic (exact) mass is 287 g/mol. The molecule has 0 saturated carbocycles. The van der Waals surface area contributed by atoms with Gasteiger partial charge in [0.15, 0.2) is 11.4 Å². The van der Waals surface area contributed by atoms with Gasteiger partial charge in [0.1, 0.15) is 17.4 Å². The number of carbonyl (C=O) groups excluding carboxylic acids is 1. The first-order chi connectivity index (χ1) is 10.0. The molecule has 0 aliphatic carbocycles. The van der Waals surface area contributed by atoms with Crippen molar-refractivity contribution < 1.29 is 14.5 Å². The second-order valence-corrected chi connectivity index (χ2v) is 3.87. The Morgan fingerprint density at radius 2 is 2.19 bits per heavy atom. The summed E-state index contributed by atoms with van der Waals surface area (Å²) >= 11 is 0. The predicted molar refractivity (Wildman–Crippen MR) is 70.7 cm³/mol. The first-order valence-electron chi connectivity index (χ1n) is 5.62. The third kappa shape index (κ3) is 2.25. The molecule has 9 heteroatoms. The number of nitro benzene ring substituents is 1. The number of methoxy groups -OCH3 is 1. The SMILES string of the molecule is COC(=O)c1c(N)c(C#N)nn1-c1ccccc1[N+](=O)[O-]. The standard InChI is InChI=1S/C12H9N5O4/c1-21-12(18)11-10(14)7(6-13)15-16(11)8-4-2-3-5-9(8)17(19)20/h2-5H,14H2,1H3. The van der Waals surface area contributed by atoms with Crippen molar-refractivity contribution in [3.05, 3.63) is 45.8 Å². The molecule has 0 fully saturated rings. The van der Waals surface area contributed by atoms with Crippen LogP contribution < -0.4 is 5.73 Å². The van der Waals surface area contributed by atoms with Gasteiger partial charge in [-0.1, -0.05) is 12.1 Å². The Kier molecular flexibility index (Phi) is 3.53. The van der Waals surface area contributed by atoms with E-state index in [1.807, 2.05) is 0 Å². The number of nitriles is 1. The molecule has 0 bridgehead atoms. The van der Waals surface area contributed by atoms with Crippen LogP contribution in [0.25, 0.3) is 5.69 Å². The maximum absolute atomic E-state index is 11.8. The van der Waals surface area contributed by atoms with Gasteiger partial charge in [0.05, 0.1) is 12.0 Å². The van der Waals surface area contributed by atoms with E-state index in [-0.39, 0.29) is 28.5 Å². The van der Waals surface area contributed by atoms with E-state index in [2.05, 4.69) is 9.84 Å². The minimum Gasteiger partial charge on any atom is -0.464 e. The number of benzene rings is 1. The van der Waals surface area contributed by atoms with Gasteiger partial charge in [-0.3, -0.25) is 10.1 Å². The van der Waals surface area contributed by atoms with Crippen LogP contribution in [0.3, 0.4) is 0 Å². The highest BCUT2D eigenvalue weighted by atomic mass is 16.6. The highest BCUT2D eigenvalue weighted by molar-refractivity contribution is 5.95. The summed E-state index contributed by atoms with van der Waals surface area (Å²) in [7, 11) is 1.13. The van der Waals surface area contributed by atoms with Crippen LogP contribution in [-0.2, 0) is 4.74 Å². The molecule has 106 valence electrons. The van der Waals surface area contributed by atoms with Crippen LogP contribution in [0.4, 0.5) is 11.4 Å². The normalized spacial score (nSPS) is 9.90. The van der Waals surface area contributed by atoms with Gasteiger partial charge in [0.25, 0.3) is 5.69 Å². The Bertz CT molecular complexity index is 774. The number of nitrogen functional groups attached to an aromatic ring is 1. The molecule has 9 nitrogen and oxygen atoms in total. The molecule has 0 aliphatic rings. The Morgan fingerprint density at radius 1 is 1.52 bits per heavy atom. The molecule has 0 aliphatic heterocycles. The Labute approximate surface area is 118 Å². The maximum atomic E-state index is 11.8. The van der Waals surface area contributed by atoms with Crippen molar-refractivity contribution in [3.63, 3.8) is 0 Å². The first-order valence-corrected chi connectivity index (χ1v) is 5.62. The van der Waals surface area contributed by atoms with Crippen LogP contribution in [0.1, 0.15) is 16.2 Å². The molecule has 0 spiro atoms. The summed E-state index contributed by atoms with van der Waals surface area (Å²) in [5.41, 5.74) is 4.77. The first kappa shape index (κ1) is 14.0. The average Bonchev–Trinajstić information content (AvgIpc) is 2.83. The summed E-state index contributed by atoms with van der Waals surface area (Å²) in [4.78, 5) is 22.2. The lowest BCUT2D eigenvalue weighted by Crippen LogP contribution is -2.13. The molecule has 21 heavy (non-hydrogen) atoms. The van der Waals surface area contributed by atoms with E-state index in [0.717, 1.165) is 11.8 Å². The largest absolute Gasteiger partial charge is 0.464 e. The number of hydrogen-bond donors (Lipinski definition) is 1. The maximum Gasteiger partial charge on any atom is 0.359 e. The number of rotatable bonds is 3. The molecular formula is C12H9N5O4. The number of ether oxygens (including phenoxy) is 1. The lowest BCUT2D eigenvalue weighted by atomic mass is 10.2. The fraction of sp³-hybridized carbons (Fsp3) is 0.0833. The van der Waals surface area contributed by atoms with Gasteiger partial charge in [-0.2, -0.15) is 10.4 Å². The van der Waals surface area contributed by atoms with Gasteiger partial charge in [-0.15, -0.1) is 0 Å². The van der Waals surface area contributed by atoms with Gasteiger partial charge in [0, 0.05) is 6.07 Å². The van der Waals surface area contributed by atoms with Crippen LogP contribution >= 0.6 is 0 Å². The number of nitro groups is 1. The molecule has 0 amide bonds. The summed E-state index contributed by atoms with van der Waals surface area (Å²) < 4.78 is 5.52. The minimum atomic E-state index is -0.848. The van der Waals surface area contributed by atoms with Crippen molar-refractivity contribution in [3.8, 4) is 11.8 Å². The molecule has 0 unspecified atom stereocenters. The fourth-order valence-electron chi connectivity index (χ4n) is 1.78. The van der Waals surface area contributed by atoms with Gasteiger partial charge in [0.2, 0.25) is 0 Å². The third-order valence-electron chi connectivity index (χ3n) is 2.71. The molecule has 2 aromatic rings. The summed E-state index contributed by atoms with van der Waals surface area (Å²) in [5.74, 6) is -0.848. The number of anilines is 1. The van der Waals surface area contributed by atoms with Crippen molar-refractivity contribution in [2.75, 3.05) is 12.8 Å². The van der Waals surface area contributed by atoms with Gasteiger partial charge < -0.3 is 10.5 Å². The number of carbonyl (C=O) groups is 1. The highest BCUT2D eigenvalue weighted by Gasteiger charge is 2.27. The number of nitrogens with two attached hydrogens (primary N) is 1. The van der Waals surface area contributed by atoms with E-state index in [0.29, 0.717) is 0 Å². The molecule has 1 heterocycles. The van der Waals surface area contributed by atoms with Crippen LogP contribution in [0.15, 0.2) is 24.3 Å². The smallest absolute Gasteiger partial charge is 0.359 e. The molecular weight excluding hydrogens is 278 g/mol. The highest BCUT2D eigenvalue weighted by Crippen LogP contribution is 2.27. The second-order valence-electron chi connectivity index (χ2n) is 3.87. The van der Waals surface area contributed by atoms with Gasteiger partial charge in [-0.25, -0.2) is 9.48 Å². The van der Waals surface area contributed by atoms with Gasteiger partial charge in [-0.05, 0) is 6.07 Å². The van der Waals surface area contributed by atoms with Crippen molar-refractivity contribution in [2.45, 2.75) is 0 Å². The zero-order valence-electron chi connectivity index (χ0n) is 10.8. The molecule has 2 N–H and O–H groups in total. The summed E-state index contributed by atoms with van der Waals surface area (Å²) in [5, 5.41) is 23.8. The number of nitrogens with zero attached hydrogens (tertiary/aromatic N) is 4. The van der Waals surface area contributed by atoms with Crippen molar-refractivity contribution in [2.24, 2.45) is 0 Å². The Hall–Kier alpha value is -3.41. The Morgan fingerprint density at radius 3 is 2.76 bits per heavy atom. The van der Waals surface area contributed by atoms with E-state index in [4.69, 9.17) is 11.0 Å². The Balaban J connectivity index is 2.79. The second kappa shape index (κ2) is 5.30. The van der Waals surface area contributed by atoms with Crippen molar-refractivity contribution in [1.82, 2.24) is 9.78 Å².